The van der Waals surface area contributed by atoms with Crippen LogP contribution >= 0.6 is 22.7 Å². The summed E-state index contributed by atoms with van der Waals surface area (Å²) in [6, 6.07) is 8.48. The number of hydrogen-bond acceptors (Lipinski definition) is 8. The van der Waals surface area contributed by atoms with E-state index in [1.165, 1.54) is 107 Å². The molecule has 8 heteroatoms. The van der Waals surface area contributed by atoms with E-state index in [1.807, 2.05) is 10.8 Å². The lowest BCUT2D eigenvalue weighted by Crippen LogP contribution is -2.11. The Bertz CT molecular complexity index is 1290. The van der Waals surface area contributed by atoms with Gasteiger partial charge in [-0.25, -0.2) is 9.97 Å². The maximum absolute atomic E-state index is 6.09. The Morgan fingerprint density at radius 2 is 0.925 bits per heavy atom. The van der Waals surface area contributed by atoms with Gasteiger partial charge in [-0.3, -0.25) is 0 Å². The zero-order valence-corrected chi connectivity index (χ0v) is 25.6. The molecular formula is C32H40N4O2S2. The largest absolute Gasteiger partial charge is 0.490 e. The second kappa shape index (κ2) is 12.6. The third kappa shape index (κ3) is 6.78. The number of aromatic nitrogens is 2. The molecule has 2 fully saturated rings. The molecule has 2 heterocycles. The second-order valence-corrected chi connectivity index (χ2v) is 12.8. The van der Waals surface area contributed by atoms with Crippen molar-refractivity contribution < 1.29 is 9.47 Å². The van der Waals surface area contributed by atoms with E-state index in [9.17, 15) is 0 Å². The van der Waals surface area contributed by atoms with Crippen LogP contribution in [-0.4, -0.2) is 22.2 Å². The zero-order valence-electron chi connectivity index (χ0n) is 24.0. The van der Waals surface area contributed by atoms with Crippen molar-refractivity contribution >= 4 is 32.9 Å². The molecule has 0 saturated heterocycles. The number of thiazole rings is 2. The van der Waals surface area contributed by atoms with Gasteiger partial charge in [0.15, 0.2) is 10.3 Å². The summed E-state index contributed by atoms with van der Waals surface area (Å²) in [4.78, 5) is 8.78. The highest BCUT2D eigenvalue weighted by Crippen LogP contribution is 2.35. The van der Waals surface area contributed by atoms with Crippen LogP contribution in [0.2, 0.25) is 0 Å². The van der Waals surface area contributed by atoms with E-state index >= 15 is 0 Å². The monoisotopic (exact) mass is 576 g/mol. The molecule has 0 bridgehead atoms. The minimum Gasteiger partial charge on any atom is -0.490 e. The van der Waals surface area contributed by atoms with Crippen LogP contribution in [0.15, 0.2) is 35.0 Å². The van der Waals surface area contributed by atoms with E-state index in [4.69, 9.17) is 20.9 Å². The van der Waals surface area contributed by atoms with Gasteiger partial charge in [0.2, 0.25) is 0 Å². The molecule has 2 aromatic heterocycles. The SMILES string of the molecule is Cc1cc(OC2CCCC2)cc(C)c1-c1csc(N)n1.Cc1cc(OC2CCCC2)cc(C)c1-c1csc(N)n1. The molecule has 0 aliphatic heterocycles. The number of nitrogens with zero attached hydrogens (tertiary/aromatic N) is 2. The highest BCUT2D eigenvalue weighted by atomic mass is 32.1. The number of ether oxygens (including phenoxy) is 2. The predicted octanol–water partition coefficient (Wildman–Crippen LogP) is 8.66. The van der Waals surface area contributed by atoms with Gasteiger partial charge in [0.25, 0.3) is 0 Å². The van der Waals surface area contributed by atoms with Gasteiger partial charge in [-0.15, -0.1) is 22.7 Å². The molecule has 212 valence electrons. The molecule has 2 aromatic carbocycles. The van der Waals surface area contributed by atoms with Crippen LogP contribution < -0.4 is 20.9 Å². The lowest BCUT2D eigenvalue weighted by Gasteiger charge is -2.16. The van der Waals surface area contributed by atoms with Gasteiger partial charge in [0, 0.05) is 21.9 Å². The molecule has 2 saturated carbocycles. The Hall–Kier alpha value is -3.10. The standard InChI is InChI=1S/2C16H20N2OS/c2*1-10-7-13(19-12-5-3-4-6-12)8-11(2)15(10)14-9-20-16(17)18-14/h2*7-9,12H,3-6H2,1-2H3,(H2,17,18). The Kier molecular flexibility index (Phi) is 8.96. The van der Waals surface area contributed by atoms with E-state index in [0.29, 0.717) is 22.5 Å². The van der Waals surface area contributed by atoms with Crippen LogP contribution in [0.4, 0.5) is 10.3 Å². The summed E-state index contributed by atoms with van der Waals surface area (Å²) in [6.45, 7) is 8.44. The number of nitrogens with two attached hydrogens (primary N) is 2. The predicted molar refractivity (Wildman–Crippen MR) is 169 cm³/mol. The number of aryl methyl sites for hydroxylation is 4. The van der Waals surface area contributed by atoms with Crippen molar-refractivity contribution in [2.24, 2.45) is 0 Å². The van der Waals surface area contributed by atoms with Crippen LogP contribution in [0.5, 0.6) is 11.5 Å². The Morgan fingerprint density at radius 3 is 1.20 bits per heavy atom. The number of hydrogen-bond donors (Lipinski definition) is 2. The first-order chi connectivity index (χ1) is 19.3. The number of anilines is 2. The van der Waals surface area contributed by atoms with Crippen molar-refractivity contribution in [3.63, 3.8) is 0 Å². The molecule has 6 rings (SSSR count). The average molecular weight is 577 g/mol. The Labute approximate surface area is 245 Å². The van der Waals surface area contributed by atoms with Gasteiger partial charge >= 0.3 is 0 Å². The fourth-order valence-electron chi connectivity index (χ4n) is 5.99. The molecular weight excluding hydrogens is 537 g/mol. The quantitative estimate of drug-likeness (QED) is 0.238. The molecule has 0 unspecified atom stereocenters. The van der Waals surface area contributed by atoms with E-state index < -0.39 is 0 Å². The average Bonchev–Trinajstić information content (AvgIpc) is 3.70. The third-order valence-corrected chi connectivity index (χ3v) is 9.13. The lowest BCUT2D eigenvalue weighted by molar-refractivity contribution is 0.209. The molecule has 0 atom stereocenters. The summed E-state index contributed by atoms with van der Waals surface area (Å²) in [5, 5.41) is 5.26. The summed E-state index contributed by atoms with van der Waals surface area (Å²) < 4.78 is 12.2. The first kappa shape index (κ1) is 28.4. The van der Waals surface area contributed by atoms with E-state index in [1.54, 1.807) is 0 Å². The molecule has 0 radical (unpaired) electrons. The molecule has 0 spiro atoms. The van der Waals surface area contributed by atoms with Crippen molar-refractivity contribution in [3.05, 3.63) is 57.3 Å². The van der Waals surface area contributed by atoms with Gasteiger partial charge in [-0.05, 0) is 126 Å². The fourth-order valence-corrected chi connectivity index (χ4v) is 7.10. The lowest BCUT2D eigenvalue weighted by atomic mass is 10.00. The van der Waals surface area contributed by atoms with Crippen molar-refractivity contribution in [1.29, 1.82) is 0 Å². The van der Waals surface area contributed by atoms with Crippen LogP contribution in [0.3, 0.4) is 0 Å². The number of nitrogen functional groups attached to an aromatic ring is 2. The molecule has 40 heavy (non-hydrogen) atoms. The summed E-state index contributed by atoms with van der Waals surface area (Å²) in [5.74, 6) is 1.97. The number of benzene rings is 2. The minimum atomic E-state index is 0.398. The third-order valence-electron chi connectivity index (χ3n) is 7.78. The second-order valence-electron chi connectivity index (χ2n) is 11.1. The zero-order chi connectivity index (χ0) is 28.2. The first-order valence-corrected chi connectivity index (χ1v) is 16.0. The highest BCUT2D eigenvalue weighted by molar-refractivity contribution is 7.14. The van der Waals surface area contributed by atoms with Gasteiger partial charge in [0.1, 0.15) is 11.5 Å². The van der Waals surface area contributed by atoms with Crippen molar-refractivity contribution in [2.45, 2.75) is 91.3 Å². The smallest absolute Gasteiger partial charge is 0.180 e. The van der Waals surface area contributed by atoms with Crippen molar-refractivity contribution in [3.8, 4) is 34.0 Å². The fraction of sp³-hybridized carbons (Fsp3) is 0.438. The summed E-state index contributed by atoms with van der Waals surface area (Å²) in [7, 11) is 0. The normalized spacial score (nSPS) is 15.7. The topological polar surface area (TPSA) is 96.3 Å². The maximum atomic E-state index is 6.09. The van der Waals surface area contributed by atoms with E-state index in [2.05, 4.69) is 61.9 Å². The Balaban J connectivity index is 0.000000161. The maximum Gasteiger partial charge on any atom is 0.180 e. The molecule has 2 aliphatic carbocycles. The molecule has 6 nitrogen and oxygen atoms in total. The van der Waals surface area contributed by atoms with E-state index in [-0.39, 0.29) is 0 Å². The van der Waals surface area contributed by atoms with Gasteiger partial charge in [-0.1, -0.05) is 0 Å². The molecule has 0 amide bonds. The summed E-state index contributed by atoms with van der Waals surface area (Å²) in [6.07, 6.45) is 10.7. The van der Waals surface area contributed by atoms with Crippen molar-refractivity contribution in [1.82, 2.24) is 9.97 Å². The first-order valence-electron chi connectivity index (χ1n) is 14.3. The summed E-state index contributed by atoms with van der Waals surface area (Å²) >= 11 is 2.96. The highest BCUT2D eigenvalue weighted by Gasteiger charge is 2.19. The molecule has 2 aliphatic rings. The van der Waals surface area contributed by atoms with E-state index in [0.717, 1.165) is 22.9 Å². The van der Waals surface area contributed by atoms with Crippen LogP contribution in [0, 0.1) is 27.7 Å². The van der Waals surface area contributed by atoms with Gasteiger partial charge < -0.3 is 20.9 Å². The van der Waals surface area contributed by atoms with Crippen LogP contribution in [-0.2, 0) is 0 Å². The van der Waals surface area contributed by atoms with Crippen LogP contribution in [0.1, 0.15) is 73.6 Å². The number of rotatable bonds is 6. The molecule has 4 aromatic rings. The van der Waals surface area contributed by atoms with Crippen molar-refractivity contribution in [2.75, 3.05) is 11.5 Å². The van der Waals surface area contributed by atoms with Gasteiger partial charge in [0.05, 0.1) is 23.6 Å². The molecule has 4 N–H and O–H groups in total. The van der Waals surface area contributed by atoms with Crippen LogP contribution in [0.25, 0.3) is 22.5 Å². The summed E-state index contributed by atoms with van der Waals surface area (Å²) in [5.41, 5.74) is 20.6. The minimum absolute atomic E-state index is 0.398. The van der Waals surface area contributed by atoms with Gasteiger partial charge in [-0.2, -0.15) is 0 Å². The Morgan fingerprint density at radius 1 is 0.600 bits per heavy atom.